The van der Waals surface area contributed by atoms with Gasteiger partial charge in [0.25, 0.3) is 0 Å². The summed E-state index contributed by atoms with van der Waals surface area (Å²) in [6.07, 6.45) is -4.18. The summed E-state index contributed by atoms with van der Waals surface area (Å²) < 4.78 is 45.6. The van der Waals surface area contributed by atoms with E-state index in [1.165, 1.54) is 0 Å². The molecule has 172 valence electrons. The van der Waals surface area contributed by atoms with E-state index in [0.29, 0.717) is 6.07 Å². The molecule has 3 aromatic rings. The molecule has 1 amide bonds. The van der Waals surface area contributed by atoms with Gasteiger partial charge >= 0.3 is 6.09 Å². The fourth-order valence-electron chi connectivity index (χ4n) is 4.11. The summed E-state index contributed by atoms with van der Waals surface area (Å²) in [4.78, 5) is 12.2. The number of aliphatic hydroxyl groups is 2. The number of carbonyl (C=O) groups is 1. The summed E-state index contributed by atoms with van der Waals surface area (Å²) >= 11 is 0. The maximum absolute atomic E-state index is 13.8. The second-order valence-electron chi connectivity index (χ2n) is 7.82. The standard InChI is InChI=1S/C25H22F3NO4/c26-20-10-9-18(22(27)23(20)28)24(31)21(30)11-12-29-25(32)33-13-19-16-7-3-1-5-14(16)15-6-2-4-8-17(15)19/h1-10,19,21,24,30-31H,11-13H2,(H,29,32). The van der Waals surface area contributed by atoms with Gasteiger partial charge in [0.05, 0.1) is 6.10 Å². The molecular formula is C25H22F3NO4. The quantitative estimate of drug-likeness (QED) is 0.459. The first-order valence-electron chi connectivity index (χ1n) is 10.5. The summed E-state index contributed by atoms with van der Waals surface area (Å²) in [6, 6.07) is 17.3. The summed E-state index contributed by atoms with van der Waals surface area (Å²) in [6.45, 7) is 0.0330. The molecular weight excluding hydrogens is 435 g/mol. The van der Waals surface area contributed by atoms with Crippen LogP contribution in [0.15, 0.2) is 60.7 Å². The Bertz CT molecular complexity index is 1120. The number of carbonyl (C=O) groups excluding carboxylic acids is 1. The van der Waals surface area contributed by atoms with Crippen molar-refractivity contribution in [2.75, 3.05) is 13.2 Å². The van der Waals surface area contributed by atoms with Crippen LogP contribution in [0.3, 0.4) is 0 Å². The van der Waals surface area contributed by atoms with E-state index in [-0.39, 0.29) is 25.5 Å². The molecule has 0 spiro atoms. The summed E-state index contributed by atoms with van der Waals surface area (Å²) in [5.41, 5.74) is 3.77. The number of aliphatic hydroxyl groups excluding tert-OH is 2. The molecule has 0 fully saturated rings. The molecule has 1 aliphatic rings. The topological polar surface area (TPSA) is 78.8 Å². The molecule has 0 aliphatic heterocycles. The Morgan fingerprint density at radius 3 is 2.15 bits per heavy atom. The Hall–Kier alpha value is -3.36. The second kappa shape index (κ2) is 9.64. The van der Waals surface area contributed by atoms with Gasteiger partial charge in [-0.1, -0.05) is 54.6 Å². The lowest BCUT2D eigenvalue weighted by Crippen LogP contribution is -2.31. The Morgan fingerprint density at radius 2 is 1.52 bits per heavy atom. The molecule has 8 heteroatoms. The van der Waals surface area contributed by atoms with Gasteiger partial charge in [0.2, 0.25) is 0 Å². The highest BCUT2D eigenvalue weighted by atomic mass is 19.2. The van der Waals surface area contributed by atoms with Crippen molar-refractivity contribution < 1.29 is 32.9 Å². The summed E-state index contributed by atoms with van der Waals surface area (Å²) in [7, 11) is 0. The Kier molecular flexibility index (Phi) is 6.67. The zero-order chi connectivity index (χ0) is 23.5. The van der Waals surface area contributed by atoms with Crippen molar-refractivity contribution in [2.24, 2.45) is 0 Å². The predicted molar refractivity (Wildman–Crippen MR) is 115 cm³/mol. The SMILES string of the molecule is O=C(NCCC(O)C(O)c1ccc(F)c(F)c1F)OCC1c2ccccc2-c2ccccc21. The van der Waals surface area contributed by atoms with Crippen LogP contribution in [0.25, 0.3) is 11.1 Å². The maximum Gasteiger partial charge on any atom is 0.407 e. The average Bonchev–Trinajstić information content (AvgIpc) is 3.14. The third kappa shape index (κ3) is 4.58. The lowest BCUT2D eigenvalue weighted by Gasteiger charge is -2.19. The van der Waals surface area contributed by atoms with Crippen molar-refractivity contribution in [2.45, 2.75) is 24.5 Å². The smallest absolute Gasteiger partial charge is 0.407 e. The molecule has 4 rings (SSSR count). The van der Waals surface area contributed by atoms with Gasteiger partial charge in [-0.3, -0.25) is 0 Å². The minimum atomic E-state index is -1.79. The van der Waals surface area contributed by atoms with Gasteiger partial charge in [0, 0.05) is 18.0 Å². The molecule has 2 unspecified atom stereocenters. The van der Waals surface area contributed by atoms with Crippen LogP contribution >= 0.6 is 0 Å². The maximum atomic E-state index is 13.8. The Labute approximate surface area is 188 Å². The van der Waals surface area contributed by atoms with Crippen molar-refractivity contribution in [3.05, 3.63) is 94.8 Å². The van der Waals surface area contributed by atoms with E-state index in [0.717, 1.165) is 28.3 Å². The molecule has 0 saturated carbocycles. The van der Waals surface area contributed by atoms with E-state index >= 15 is 0 Å². The number of alkyl carbamates (subject to hydrolysis) is 1. The van der Waals surface area contributed by atoms with Crippen LogP contribution in [-0.2, 0) is 4.74 Å². The zero-order valence-corrected chi connectivity index (χ0v) is 17.5. The molecule has 0 heterocycles. The van der Waals surface area contributed by atoms with Crippen LogP contribution in [-0.4, -0.2) is 35.6 Å². The van der Waals surface area contributed by atoms with Gasteiger partial charge in [0.1, 0.15) is 12.7 Å². The Morgan fingerprint density at radius 1 is 0.909 bits per heavy atom. The lowest BCUT2D eigenvalue weighted by atomic mass is 9.98. The van der Waals surface area contributed by atoms with E-state index in [4.69, 9.17) is 4.74 Å². The second-order valence-corrected chi connectivity index (χ2v) is 7.82. The number of benzene rings is 3. The third-order valence-electron chi connectivity index (χ3n) is 5.80. The van der Waals surface area contributed by atoms with Gasteiger partial charge in [0.15, 0.2) is 17.5 Å². The molecule has 0 aromatic heterocycles. The molecule has 3 N–H and O–H groups in total. The first-order valence-corrected chi connectivity index (χ1v) is 10.5. The van der Waals surface area contributed by atoms with Crippen LogP contribution < -0.4 is 5.32 Å². The summed E-state index contributed by atoms with van der Waals surface area (Å²) in [5.74, 6) is -4.79. The van der Waals surface area contributed by atoms with E-state index in [9.17, 15) is 28.2 Å². The largest absolute Gasteiger partial charge is 0.449 e. The molecule has 0 bridgehead atoms. The van der Waals surface area contributed by atoms with Crippen LogP contribution in [0, 0.1) is 17.5 Å². The summed E-state index contributed by atoms with van der Waals surface area (Å²) in [5, 5.41) is 22.6. The lowest BCUT2D eigenvalue weighted by molar-refractivity contribution is 0.0112. The molecule has 2 atom stereocenters. The number of nitrogens with one attached hydrogen (secondary N) is 1. The monoisotopic (exact) mass is 457 g/mol. The normalized spacial score (nSPS) is 14.3. The Balaban J connectivity index is 1.30. The highest BCUT2D eigenvalue weighted by molar-refractivity contribution is 5.79. The molecule has 5 nitrogen and oxygen atoms in total. The van der Waals surface area contributed by atoms with Crippen molar-refractivity contribution in [1.29, 1.82) is 0 Å². The number of halogens is 3. The van der Waals surface area contributed by atoms with Crippen molar-refractivity contribution in [3.8, 4) is 11.1 Å². The van der Waals surface area contributed by atoms with E-state index in [1.54, 1.807) is 0 Å². The van der Waals surface area contributed by atoms with Crippen LogP contribution in [0.1, 0.15) is 35.1 Å². The van der Waals surface area contributed by atoms with Gasteiger partial charge < -0.3 is 20.3 Å². The fourth-order valence-corrected chi connectivity index (χ4v) is 4.11. The number of fused-ring (bicyclic) bond motifs is 3. The third-order valence-corrected chi connectivity index (χ3v) is 5.80. The van der Waals surface area contributed by atoms with Crippen molar-refractivity contribution >= 4 is 6.09 Å². The molecule has 1 aliphatic carbocycles. The van der Waals surface area contributed by atoms with Crippen LogP contribution in [0.4, 0.5) is 18.0 Å². The van der Waals surface area contributed by atoms with E-state index < -0.39 is 41.3 Å². The highest BCUT2D eigenvalue weighted by Crippen LogP contribution is 2.44. The van der Waals surface area contributed by atoms with Gasteiger partial charge in [-0.25, -0.2) is 18.0 Å². The van der Waals surface area contributed by atoms with Crippen LogP contribution in [0.5, 0.6) is 0 Å². The van der Waals surface area contributed by atoms with Gasteiger partial charge in [-0.05, 0) is 34.7 Å². The minimum absolute atomic E-state index is 0.0831. The van der Waals surface area contributed by atoms with E-state index in [1.807, 2.05) is 48.5 Å². The molecule has 0 radical (unpaired) electrons. The van der Waals surface area contributed by atoms with Crippen molar-refractivity contribution in [1.82, 2.24) is 5.32 Å². The van der Waals surface area contributed by atoms with Gasteiger partial charge in [-0.15, -0.1) is 0 Å². The van der Waals surface area contributed by atoms with Crippen LogP contribution in [0.2, 0.25) is 0 Å². The minimum Gasteiger partial charge on any atom is -0.449 e. The molecule has 3 aromatic carbocycles. The number of ether oxygens (including phenoxy) is 1. The first-order chi connectivity index (χ1) is 15.9. The predicted octanol–water partition coefficient (Wildman–Crippen LogP) is 4.43. The highest BCUT2D eigenvalue weighted by Gasteiger charge is 2.29. The average molecular weight is 457 g/mol. The first kappa shape index (κ1) is 22.8. The van der Waals surface area contributed by atoms with E-state index in [2.05, 4.69) is 5.32 Å². The molecule has 33 heavy (non-hydrogen) atoms. The van der Waals surface area contributed by atoms with Crippen molar-refractivity contribution in [3.63, 3.8) is 0 Å². The number of rotatable bonds is 7. The fraction of sp³-hybridized carbons (Fsp3) is 0.240. The number of amides is 1. The zero-order valence-electron chi connectivity index (χ0n) is 17.5. The molecule has 0 saturated heterocycles. The number of hydrogen-bond donors (Lipinski definition) is 3. The number of hydrogen-bond acceptors (Lipinski definition) is 4. The van der Waals surface area contributed by atoms with Gasteiger partial charge in [-0.2, -0.15) is 0 Å².